The van der Waals surface area contributed by atoms with Gasteiger partial charge in [0.15, 0.2) is 0 Å². The number of amides is 1. The second-order valence-electron chi connectivity index (χ2n) is 5.57. The van der Waals surface area contributed by atoms with Gasteiger partial charge in [-0.1, -0.05) is 0 Å². The van der Waals surface area contributed by atoms with E-state index >= 15 is 0 Å². The molecular weight excluding hydrogens is 254 g/mol. The Morgan fingerprint density at radius 2 is 1.71 bits per heavy atom. The summed E-state index contributed by atoms with van der Waals surface area (Å²) in [6.45, 7) is 7.43. The molecule has 0 atom stereocenters. The molecule has 2 heterocycles. The first-order valence-corrected chi connectivity index (χ1v) is 8.13. The van der Waals surface area contributed by atoms with Crippen molar-refractivity contribution in [1.82, 2.24) is 4.90 Å². The number of carbonyl (C=O) groups is 1. The minimum Gasteiger partial charge on any atom is -0.444 e. The van der Waals surface area contributed by atoms with Crippen molar-refractivity contribution < 1.29 is 9.53 Å². The van der Waals surface area contributed by atoms with E-state index in [9.17, 15) is 4.79 Å². The fourth-order valence-corrected chi connectivity index (χ4v) is 5.33. The molecule has 2 aliphatic heterocycles. The van der Waals surface area contributed by atoms with Crippen LogP contribution in [0.5, 0.6) is 0 Å². The lowest BCUT2D eigenvalue weighted by Crippen LogP contribution is -2.45. The predicted octanol–water partition coefficient (Wildman–Crippen LogP) is 3.19. The smallest absolute Gasteiger partial charge is 0.410 e. The molecule has 5 heteroatoms. The van der Waals surface area contributed by atoms with Crippen LogP contribution < -0.4 is 0 Å². The van der Waals surface area contributed by atoms with Crippen LogP contribution in [0.15, 0.2) is 0 Å². The van der Waals surface area contributed by atoms with Gasteiger partial charge in [-0.15, -0.1) is 23.5 Å². The van der Waals surface area contributed by atoms with Crippen LogP contribution in [0.3, 0.4) is 0 Å². The van der Waals surface area contributed by atoms with E-state index < -0.39 is 0 Å². The van der Waals surface area contributed by atoms with E-state index in [0.29, 0.717) is 4.08 Å². The van der Waals surface area contributed by atoms with Crippen LogP contribution in [0, 0.1) is 0 Å². The predicted molar refractivity (Wildman–Crippen MR) is 74.7 cm³/mol. The minimum absolute atomic E-state index is 0.152. The fourth-order valence-electron chi connectivity index (χ4n) is 2.14. The lowest BCUT2D eigenvalue weighted by molar-refractivity contribution is 0.0214. The van der Waals surface area contributed by atoms with Gasteiger partial charge in [0.25, 0.3) is 0 Å². The molecule has 0 saturated carbocycles. The first-order valence-electron chi connectivity index (χ1n) is 6.16. The van der Waals surface area contributed by atoms with Gasteiger partial charge < -0.3 is 9.64 Å². The monoisotopic (exact) mass is 275 g/mol. The van der Waals surface area contributed by atoms with Crippen LogP contribution in [0.4, 0.5) is 4.79 Å². The van der Waals surface area contributed by atoms with Gasteiger partial charge >= 0.3 is 6.09 Å². The topological polar surface area (TPSA) is 29.5 Å². The van der Waals surface area contributed by atoms with Crippen molar-refractivity contribution in [1.29, 1.82) is 0 Å². The molecule has 0 N–H and O–H groups in total. The number of piperidine rings is 1. The Morgan fingerprint density at radius 3 is 2.18 bits per heavy atom. The van der Waals surface area contributed by atoms with Gasteiger partial charge in [0, 0.05) is 24.6 Å². The molecular formula is C12H21NO2S2. The van der Waals surface area contributed by atoms with Crippen molar-refractivity contribution in [2.45, 2.75) is 43.3 Å². The minimum atomic E-state index is -0.386. The zero-order valence-electron chi connectivity index (χ0n) is 10.8. The van der Waals surface area contributed by atoms with Crippen LogP contribution in [-0.4, -0.2) is 45.3 Å². The van der Waals surface area contributed by atoms with E-state index in [1.807, 2.05) is 25.7 Å². The summed E-state index contributed by atoms with van der Waals surface area (Å²) in [5.41, 5.74) is -0.386. The Kier molecular flexibility index (Phi) is 3.88. The normalized spacial score (nSPS) is 24.1. The number of ether oxygens (including phenoxy) is 1. The highest BCUT2D eigenvalue weighted by atomic mass is 32.2. The van der Waals surface area contributed by atoms with Crippen molar-refractivity contribution in [2.75, 3.05) is 24.6 Å². The van der Waals surface area contributed by atoms with Crippen LogP contribution in [-0.2, 0) is 4.74 Å². The average molecular weight is 275 g/mol. The third-order valence-corrected chi connectivity index (χ3v) is 6.64. The second kappa shape index (κ2) is 4.92. The van der Waals surface area contributed by atoms with Crippen molar-refractivity contribution in [3.8, 4) is 0 Å². The number of nitrogens with zero attached hydrogens (tertiary/aromatic N) is 1. The van der Waals surface area contributed by atoms with Crippen molar-refractivity contribution >= 4 is 29.6 Å². The molecule has 2 aliphatic rings. The summed E-state index contributed by atoms with van der Waals surface area (Å²) in [5.74, 6) is 2.52. The number of carbonyl (C=O) groups excluding carboxylic acids is 1. The SMILES string of the molecule is CC(C)(C)OC(=O)N1CCC2(CC1)SCCS2. The fraction of sp³-hybridized carbons (Fsp3) is 0.917. The van der Waals surface area contributed by atoms with Crippen LogP contribution >= 0.6 is 23.5 Å². The molecule has 2 saturated heterocycles. The molecule has 17 heavy (non-hydrogen) atoms. The van der Waals surface area contributed by atoms with E-state index in [0.717, 1.165) is 25.9 Å². The summed E-state index contributed by atoms with van der Waals surface area (Å²) in [7, 11) is 0. The molecule has 0 bridgehead atoms. The van der Waals surface area contributed by atoms with Gasteiger partial charge in [-0.25, -0.2) is 4.79 Å². The zero-order chi connectivity index (χ0) is 12.5. The first-order chi connectivity index (χ1) is 7.90. The molecule has 0 radical (unpaired) electrons. The third-order valence-electron chi connectivity index (χ3n) is 2.99. The summed E-state index contributed by atoms with van der Waals surface area (Å²) in [4.78, 5) is 13.8. The summed E-state index contributed by atoms with van der Waals surface area (Å²) < 4.78 is 5.80. The second-order valence-corrected chi connectivity index (χ2v) is 8.79. The lowest BCUT2D eigenvalue weighted by atomic mass is 10.1. The van der Waals surface area contributed by atoms with Gasteiger partial charge in [0.05, 0.1) is 4.08 Å². The van der Waals surface area contributed by atoms with Gasteiger partial charge in [0.1, 0.15) is 5.60 Å². The van der Waals surface area contributed by atoms with Crippen LogP contribution in [0.2, 0.25) is 0 Å². The molecule has 0 aliphatic carbocycles. The standard InChI is InChI=1S/C12H21NO2S2/c1-11(2,3)15-10(14)13-6-4-12(5-7-13)16-8-9-17-12/h4-9H2,1-3H3. The summed E-state index contributed by atoms with van der Waals surface area (Å²) in [5, 5.41) is 0. The highest BCUT2D eigenvalue weighted by molar-refractivity contribution is 8.21. The molecule has 0 aromatic carbocycles. The molecule has 3 nitrogen and oxygen atoms in total. The number of hydrogen-bond acceptors (Lipinski definition) is 4. The molecule has 98 valence electrons. The molecule has 0 unspecified atom stereocenters. The summed E-state index contributed by atoms with van der Waals surface area (Å²) in [6, 6.07) is 0. The quantitative estimate of drug-likeness (QED) is 0.679. The van der Waals surface area contributed by atoms with Gasteiger partial charge in [-0.2, -0.15) is 0 Å². The van der Waals surface area contributed by atoms with Crippen LogP contribution in [0.1, 0.15) is 33.6 Å². The maximum atomic E-state index is 11.9. The van der Waals surface area contributed by atoms with E-state index in [-0.39, 0.29) is 11.7 Å². The van der Waals surface area contributed by atoms with E-state index in [1.165, 1.54) is 11.5 Å². The third kappa shape index (κ3) is 3.47. The number of hydrogen-bond donors (Lipinski definition) is 0. The number of rotatable bonds is 0. The molecule has 0 aromatic heterocycles. The Labute approximate surface area is 112 Å². The molecule has 2 rings (SSSR count). The van der Waals surface area contributed by atoms with E-state index in [2.05, 4.69) is 23.5 Å². The average Bonchev–Trinajstić information content (AvgIpc) is 2.65. The maximum Gasteiger partial charge on any atom is 0.410 e. The Bertz CT molecular complexity index is 285. The summed E-state index contributed by atoms with van der Waals surface area (Å²) in [6.07, 6.45) is 2.05. The first kappa shape index (κ1) is 13.4. The number of thioether (sulfide) groups is 2. The lowest BCUT2D eigenvalue weighted by Gasteiger charge is -2.38. The van der Waals surface area contributed by atoms with E-state index in [1.54, 1.807) is 0 Å². The largest absolute Gasteiger partial charge is 0.444 e. The Balaban J connectivity index is 1.84. The maximum absolute atomic E-state index is 11.9. The van der Waals surface area contributed by atoms with Gasteiger partial charge in [-0.05, 0) is 33.6 Å². The molecule has 1 amide bonds. The van der Waals surface area contributed by atoms with Crippen molar-refractivity contribution in [2.24, 2.45) is 0 Å². The Morgan fingerprint density at radius 1 is 1.18 bits per heavy atom. The number of likely N-dealkylation sites (tertiary alicyclic amines) is 1. The Hall–Kier alpha value is -0.0300. The molecule has 1 spiro atoms. The highest BCUT2D eigenvalue weighted by Crippen LogP contribution is 2.50. The molecule has 2 fully saturated rings. The van der Waals surface area contributed by atoms with Crippen molar-refractivity contribution in [3.05, 3.63) is 0 Å². The zero-order valence-corrected chi connectivity index (χ0v) is 12.5. The van der Waals surface area contributed by atoms with E-state index in [4.69, 9.17) is 4.74 Å². The van der Waals surface area contributed by atoms with Crippen molar-refractivity contribution in [3.63, 3.8) is 0 Å². The molecule has 0 aromatic rings. The van der Waals surface area contributed by atoms with Gasteiger partial charge in [0.2, 0.25) is 0 Å². The van der Waals surface area contributed by atoms with Gasteiger partial charge in [-0.3, -0.25) is 0 Å². The highest BCUT2D eigenvalue weighted by Gasteiger charge is 2.40. The summed E-state index contributed by atoms with van der Waals surface area (Å²) >= 11 is 4.15. The van der Waals surface area contributed by atoms with Crippen LogP contribution in [0.25, 0.3) is 0 Å².